The second-order valence-corrected chi connectivity index (χ2v) is 5.92. The third kappa shape index (κ3) is 3.02. The summed E-state index contributed by atoms with van der Waals surface area (Å²) in [5, 5.41) is 2.73. The first kappa shape index (κ1) is 15.0. The van der Waals surface area contributed by atoms with Gasteiger partial charge in [0.15, 0.2) is 0 Å². The summed E-state index contributed by atoms with van der Waals surface area (Å²) in [7, 11) is 0. The molecule has 1 N–H and O–H groups in total. The lowest BCUT2D eigenvalue weighted by Crippen LogP contribution is -2.68. The molecule has 0 saturated carbocycles. The lowest BCUT2D eigenvalue weighted by molar-refractivity contribution is -0.157. The van der Waals surface area contributed by atoms with E-state index in [1.165, 1.54) is 0 Å². The molecule has 0 aromatic carbocycles. The molecule has 1 fully saturated rings. The Morgan fingerprint density at radius 3 is 2.44 bits per heavy atom. The van der Waals surface area contributed by atoms with Crippen molar-refractivity contribution in [1.82, 2.24) is 10.2 Å². The van der Waals surface area contributed by atoms with Gasteiger partial charge in [-0.05, 0) is 41.5 Å². The van der Waals surface area contributed by atoms with E-state index in [-0.39, 0.29) is 11.8 Å². The summed E-state index contributed by atoms with van der Waals surface area (Å²) in [4.78, 5) is 25.8. The molecule has 5 heteroatoms. The van der Waals surface area contributed by atoms with E-state index in [1.807, 2.05) is 20.8 Å². The summed E-state index contributed by atoms with van der Waals surface area (Å²) in [6, 6.07) is -0.453. The van der Waals surface area contributed by atoms with Crippen LogP contribution < -0.4 is 5.32 Å². The Bertz CT molecular complexity index is 350. The van der Waals surface area contributed by atoms with E-state index in [9.17, 15) is 9.59 Å². The number of rotatable bonds is 4. The molecule has 0 aromatic rings. The lowest BCUT2D eigenvalue weighted by Gasteiger charge is -2.44. The lowest BCUT2D eigenvalue weighted by atomic mass is 9.95. The van der Waals surface area contributed by atoms with Gasteiger partial charge in [-0.2, -0.15) is 0 Å². The normalized spacial score (nSPS) is 24.1. The molecule has 0 bridgehead atoms. The fraction of sp³-hybridized carbons (Fsp3) is 0.846. The average Bonchev–Trinajstić information content (AvgIpc) is 2.21. The number of carbonyl (C=O) groups excluding carboxylic acids is 2. The summed E-state index contributed by atoms with van der Waals surface area (Å²) >= 11 is 0. The van der Waals surface area contributed by atoms with Crippen molar-refractivity contribution < 1.29 is 14.3 Å². The fourth-order valence-electron chi connectivity index (χ4n) is 2.20. The Balaban J connectivity index is 2.91. The number of ether oxygens (including phenoxy) is 1. The molecule has 1 rings (SSSR count). The molecule has 1 atom stereocenters. The maximum atomic E-state index is 12.3. The Morgan fingerprint density at radius 1 is 1.39 bits per heavy atom. The van der Waals surface area contributed by atoms with Gasteiger partial charge in [0.05, 0.1) is 12.1 Å². The smallest absolute Gasteiger partial charge is 0.248 e. The van der Waals surface area contributed by atoms with Gasteiger partial charge >= 0.3 is 0 Å². The predicted octanol–water partition coefficient (Wildman–Crippen LogP) is 0.927. The highest BCUT2D eigenvalue weighted by Crippen LogP contribution is 2.21. The zero-order valence-corrected chi connectivity index (χ0v) is 12.2. The number of nitrogens with one attached hydrogen (secondary N) is 1. The standard InChI is InChI=1S/C13H24N2O3/c1-7-18-12(3,4)8-15-9(2)10(16)14-13(5,6)11(15)17/h9H,7-8H2,1-6H3,(H,14,16). The summed E-state index contributed by atoms with van der Waals surface area (Å²) in [5.41, 5.74) is -1.29. The van der Waals surface area contributed by atoms with Gasteiger partial charge in [0, 0.05) is 6.61 Å². The van der Waals surface area contributed by atoms with Crippen LogP contribution in [0.1, 0.15) is 41.5 Å². The maximum Gasteiger partial charge on any atom is 0.248 e. The second-order valence-electron chi connectivity index (χ2n) is 5.92. The Labute approximate surface area is 109 Å². The molecule has 1 aliphatic rings. The van der Waals surface area contributed by atoms with Gasteiger partial charge in [-0.3, -0.25) is 9.59 Å². The van der Waals surface area contributed by atoms with Crippen molar-refractivity contribution >= 4 is 11.8 Å². The minimum atomic E-state index is -0.841. The third-order valence-electron chi connectivity index (χ3n) is 3.16. The first-order chi connectivity index (χ1) is 8.10. The third-order valence-corrected chi connectivity index (χ3v) is 3.16. The van der Waals surface area contributed by atoms with Crippen LogP contribution in [0.4, 0.5) is 0 Å². The molecule has 0 radical (unpaired) electrons. The van der Waals surface area contributed by atoms with E-state index >= 15 is 0 Å². The van der Waals surface area contributed by atoms with Crippen LogP contribution in [-0.4, -0.2) is 47.0 Å². The molecule has 1 aliphatic heterocycles. The van der Waals surface area contributed by atoms with Crippen LogP contribution >= 0.6 is 0 Å². The Kier molecular flexibility index (Phi) is 4.05. The van der Waals surface area contributed by atoms with Gasteiger partial charge in [-0.15, -0.1) is 0 Å². The van der Waals surface area contributed by atoms with Crippen molar-refractivity contribution in [3.63, 3.8) is 0 Å². The average molecular weight is 256 g/mol. The molecule has 0 aliphatic carbocycles. The van der Waals surface area contributed by atoms with Crippen LogP contribution in [0.25, 0.3) is 0 Å². The number of hydrogen-bond donors (Lipinski definition) is 1. The largest absolute Gasteiger partial charge is 0.374 e. The number of nitrogens with zero attached hydrogens (tertiary/aromatic N) is 1. The Hall–Kier alpha value is -1.10. The Morgan fingerprint density at radius 2 is 1.94 bits per heavy atom. The van der Waals surface area contributed by atoms with Gasteiger partial charge in [-0.25, -0.2) is 0 Å². The minimum Gasteiger partial charge on any atom is -0.374 e. The van der Waals surface area contributed by atoms with E-state index < -0.39 is 17.2 Å². The van der Waals surface area contributed by atoms with E-state index in [4.69, 9.17) is 4.74 Å². The first-order valence-corrected chi connectivity index (χ1v) is 6.38. The van der Waals surface area contributed by atoms with Crippen molar-refractivity contribution in [3.05, 3.63) is 0 Å². The first-order valence-electron chi connectivity index (χ1n) is 6.38. The molecule has 5 nitrogen and oxygen atoms in total. The molecule has 104 valence electrons. The quantitative estimate of drug-likeness (QED) is 0.814. The monoisotopic (exact) mass is 256 g/mol. The molecular formula is C13H24N2O3. The van der Waals surface area contributed by atoms with Gasteiger partial charge in [0.25, 0.3) is 0 Å². The molecule has 1 saturated heterocycles. The summed E-state index contributed by atoms with van der Waals surface area (Å²) in [6.45, 7) is 12.0. The number of carbonyl (C=O) groups is 2. The zero-order chi connectivity index (χ0) is 14.1. The van der Waals surface area contributed by atoms with Gasteiger partial charge in [0.2, 0.25) is 11.8 Å². The topological polar surface area (TPSA) is 58.6 Å². The maximum absolute atomic E-state index is 12.3. The van der Waals surface area contributed by atoms with Crippen molar-refractivity contribution in [1.29, 1.82) is 0 Å². The van der Waals surface area contributed by atoms with Gasteiger partial charge < -0.3 is 15.0 Å². The molecule has 1 unspecified atom stereocenters. The molecule has 1 heterocycles. The number of amides is 2. The fourth-order valence-corrected chi connectivity index (χ4v) is 2.20. The van der Waals surface area contributed by atoms with Crippen LogP contribution in [-0.2, 0) is 14.3 Å². The molecule has 0 spiro atoms. The minimum absolute atomic E-state index is 0.0672. The van der Waals surface area contributed by atoms with Crippen molar-refractivity contribution in [3.8, 4) is 0 Å². The summed E-state index contributed by atoms with van der Waals surface area (Å²) in [5.74, 6) is -0.186. The van der Waals surface area contributed by atoms with Gasteiger partial charge in [0.1, 0.15) is 11.6 Å². The van der Waals surface area contributed by atoms with Crippen molar-refractivity contribution in [2.45, 2.75) is 58.7 Å². The highest BCUT2D eigenvalue weighted by atomic mass is 16.5. The van der Waals surface area contributed by atoms with E-state index in [1.54, 1.807) is 25.7 Å². The SMILES string of the molecule is CCOC(C)(C)CN1C(=O)C(C)(C)NC(=O)C1C. The highest BCUT2D eigenvalue weighted by molar-refractivity contribution is 5.99. The predicted molar refractivity (Wildman–Crippen MR) is 69.1 cm³/mol. The molecular weight excluding hydrogens is 232 g/mol. The highest BCUT2D eigenvalue weighted by Gasteiger charge is 2.44. The van der Waals surface area contributed by atoms with Crippen molar-refractivity contribution in [2.75, 3.05) is 13.2 Å². The van der Waals surface area contributed by atoms with E-state index in [2.05, 4.69) is 5.32 Å². The summed E-state index contributed by atoms with van der Waals surface area (Å²) < 4.78 is 5.61. The number of piperazine rings is 1. The number of hydrogen-bond acceptors (Lipinski definition) is 3. The van der Waals surface area contributed by atoms with Crippen LogP contribution in [0, 0.1) is 0 Å². The van der Waals surface area contributed by atoms with Crippen LogP contribution in [0.15, 0.2) is 0 Å². The van der Waals surface area contributed by atoms with E-state index in [0.717, 1.165) is 0 Å². The van der Waals surface area contributed by atoms with Crippen LogP contribution in [0.5, 0.6) is 0 Å². The molecule has 2 amide bonds. The van der Waals surface area contributed by atoms with Gasteiger partial charge in [-0.1, -0.05) is 0 Å². The van der Waals surface area contributed by atoms with Crippen molar-refractivity contribution in [2.24, 2.45) is 0 Å². The summed E-state index contributed by atoms with van der Waals surface area (Å²) in [6.07, 6.45) is 0. The van der Waals surface area contributed by atoms with E-state index in [0.29, 0.717) is 13.2 Å². The van der Waals surface area contributed by atoms with Crippen LogP contribution in [0.2, 0.25) is 0 Å². The molecule has 18 heavy (non-hydrogen) atoms. The second kappa shape index (κ2) is 4.88. The molecule has 0 aromatic heterocycles. The zero-order valence-electron chi connectivity index (χ0n) is 12.2. The van der Waals surface area contributed by atoms with Crippen LogP contribution in [0.3, 0.4) is 0 Å².